The molecule has 2 nitrogen and oxygen atoms in total. The summed E-state index contributed by atoms with van der Waals surface area (Å²) in [7, 11) is -1.77. The van der Waals surface area contributed by atoms with Crippen molar-refractivity contribution in [1.82, 2.24) is 0 Å². The van der Waals surface area contributed by atoms with Crippen LogP contribution in [0.3, 0.4) is 0 Å². The highest BCUT2D eigenvalue weighted by atomic mass is 35.5. The van der Waals surface area contributed by atoms with Crippen molar-refractivity contribution < 1.29 is 9.09 Å². The summed E-state index contributed by atoms with van der Waals surface area (Å²) in [5.41, 5.74) is 0. The molecule has 0 amide bonds. The van der Waals surface area contributed by atoms with E-state index in [1.54, 1.807) is 0 Å². The van der Waals surface area contributed by atoms with Gasteiger partial charge in [-0.2, -0.15) is 0 Å². The third kappa shape index (κ3) is 4.48. The van der Waals surface area contributed by atoms with Crippen molar-refractivity contribution in [3.05, 3.63) is 0 Å². The topological polar surface area (TPSA) is 26.3 Å². The van der Waals surface area contributed by atoms with E-state index in [9.17, 15) is 4.57 Å². The molecule has 0 aromatic rings. The molecule has 0 aliphatic carbocycles. The zero-order valence-electron chi connectivity index (χ0n) is 3.40. The summed E-state index contributed by atoms with van der Waals surface area (Å²) in [5.74, 6) is 0. The highest BCUT2D eigenvalue weighted by Gasteiger charge is 1.80. The van der Waals surface area contributed by atoms with Crippen LogP contribution in [-0.2, 0) is 9.09 Å². The van der Waals surface area contributed by atoms with Crippen molar-refractivity contribution in [3.8, 4) is 0 Å². The van der Waals surface area contributed by atoms with Gasteiger partial charge in [0.25, 0.3) is 0 Å². The van der Waals surface area contributed by atoms with Gasteiger partial charge in [0.2, 0.25) is 0 Å². The molecule has 4 heteroatoms. The van der Waals surface area contributed by atoms with E-state index in [4.69, 9.17) is 11.6 Å². The molecule has 0 saturated heterocycles. The molecule has 0 fully saturated rings. The molecule has 0 aliphatic heterocycles. The van der Waals surface area contributed by atoms with Crippen molar-refractivity contribution in [2.75, 3.05) is 12.7 Å². The van der Waals surface area contributed by atoms with Crippen LogP contribution in [0, 0.1) is 0 Å². The number of rotatable bonds is 2. The minimum absolute atomic E-state index is 0.0360. The fourth-order valence-electron chi connectivity index (χ4n) is 0.0768. The van der Waals surface area contributed by atoms with Gasteiger partial charge in [0.15, 0.2) is 8.03 Å². The van der Waals surface area contributed by atoms with Crippen LogP contribution in [-0.4, -0.2) is 12.7 Å². The average molecular weight is 128 g/mol. The minimum Gasteiger partial charge on any atom is -0.314 e. The van der Waals surface area contributed by atoms with Crippen LogP contribution in [0.5, 0.6) is 0 Å². The first-order valence-electron chi connectivity index (χ1n) is 1.46. The fourth-order valence-corrected chi connectivity index (χ4v) is 0.691. The van der Waals surface area contributed by atoms with Crippen LogP contribution >= 0.6 is 19.6 Å². The average Bonchev–Trinajstić information content (AvgIpc) is 1.35. The first-order chi connectivity index (χ1) is 2.77. The standard InChI is InChI=1S/C2H6ClO2P/c1-6(4)5-2-3/h6H,2H2,1H3. The van der Waals surface area contributed by atoms with Gasteiger partial charge in [0.05, 0.1) is 0 Å². The molecular formula is C2H6ClO2P. The number of hydrogen-bond donors (Lipinski definition) is 0. The third-order valence-electron chi connectivity index (χ3n) is 0.258. The second kappa shape index (κ2) is 3.66. The largest absolute Gasteiger partial charge is 0.314 e. The van der Waals surface area contributed by atoms with Crippen LogP contribution in [0.1, 0.15) is 0 Å². The summed E-state index contributed by atoms with van der Waals surface area (Å²) < 4.78 is 14.3. The van der Waals surface area contributed by atoms with Gasteiger partial charge in [-0.25, -0.2) is 0 Å². The molecule has 0 heterocycles. The second-order valence-electron chi connectivity index (χ2n) is 0.745. The van der Waals surface area contributed by atoms with Crippen LogP contribution in [0.25, 0.3) is 0 Å². The van der Waals surface area contributed by atoms with E-state index in [0.29, 0.717) is 0 Å². The fraction of sp³-hybridized carbons (Fsp3) is 1.00. The molecule has 0 N–H and O–H groups in total. The Morgan fingerprint density at radius 2 is 2.50 bits per heavy atom. The van der Waals surface area contributed by atoms with E-state index in [1.165, 1.54) is 6.66 Å². The van der Waals surface area contributed by atoms with Gasteiger partial charge < -0.3 is 4.52 Å². The van der Waals surface area contributed by atoms with Crippen LogP contribution in [0.4, 0.5) is 0 Å². The maximum atomic E-state index is 9.92. The van der Waals surface area contributed by atoms with Gasteiger partial charge in [0, 0.05) is 6.66 Å². The van der Waals surface area contributed by atoms with Gasteiger partial charge in [0.1, 0.15) is 6.07 Å². The Bertz CT molecular complexity index is 55.5. The summed E-state index contributed by atoms with van der Waals surface area (Å²) in [4.78, 5) is 0. The Morgan fingerprint density at radius 1 is 2.00 bits per heavy atom. The molecule has 0 bridgehead atoms. The molecule has 1 atom stereocenters. The predicted octanol–water partition coefficient (Wildman–Crippen LogP) is 1.30. The van der Waals surface area contributed by atoms with E-state index in [2.05, 4.69) is 4.52 Å². The molecule has 0 aliphatic rings. The van der Waals surface area contributed by atoms with Crippen LogP contribution in [0.15, 0.2) is 0 Å². The summed E-state index contributed by atoms with van der Waals surface area (Å²) in [6.07, 6.45) is 0. The number of hydrogen-bond acceptors (Lipinski definition) is 2. The molecule has 0 radical (unpaired) electrons. The molecule has 38 valence electrons. The lowest BCUT2D eigenvalue weighted by molar-refractivity contribution is 0.397. The van der Waals surface area contributed by atoms with E-state index in [1.807, 2.05) is 0 Å². The second-order valence-corrected chi connectivity index (χ2v) is 2.24. The van der Waals surface area contributed by atoms with E-state index in [-0.39, 0.29) is 6.07 Å². The predicted molar refractivity (Wildman–Crippen MR) is 26.7 cm³/mol. The zero-order chi connectivity index (χ0) is 4.99. The van der Waals surface area contributed by atoms with Gasteiger partial charge >= 0.3 is 0 Å². The Kier molecular flexibility index (Phi) is 3.96. The Balaban J connectivity index is 2.83. The molecule has 6 heavy (non-hydrogen) atoms. The first-order valence-corrected chi connectivity index (χ1v) is 3.82. The monoisotopic (exact) mass is 128 g/mol. The van der Waals surface area contributed by atoms with Crippen LogP contribution < -0.4 is 0 Å². The lowest BCUT2D eigenvalue weighted by atomic mass is 11.7. The van der Waals surface area contributed by atoms with Crippen molar-refractivity contribution in [3.63, 3.8) is 0 Å². The zero-order valence-corrected chi connectivity index (χ0v) is 5.16. The quantitative estimate of drug-likeness (QED) is 0.414. The molecular weight excluding hydrogens is 122 g/mol. The summed E-state index contributed by atoms with van der Waals surface area (Å²) in [6, 6.07) is 0.0360. The SMILES string of the molecule is C[PH](=O)OCCl. The van der Waals surface area contributed by atoms with Gasteiger partial charge in [-0.15, -0.1) is 0 Å². The Morgan fingerprint density at radius 3 is 2.50 bits per heavy atom. The lowest BCUT2D eigenvalue weighted by Gasteiger charge is -1.86. The van der Waals surface area contributed by atoms with Gasteiger partial charge in [-0.05, 0) is 0 Å². The Labute approximate surface area is 42.3 Å². The molecule has 0 saturated carbocycles. The third-order valence-corrected chi connectivity index (χ3v) is 1.10. The number of alkyl halides is 1. The van der Waals surface area contributed by atoms with Crippen molar-refractivity contribution >= 4 is 19.6 Å². The normalized spacial score (nSPS) is 14.3. The molecule has 0 spiro atoms. The van der Waals surface area contributed by atoms with E-state index >= 15 is 0 Å². The maximum Gasteiger partial charge on any atom is 0.189 e. The van der Waals surface area contributed by atoms with E-state index in [0.717, 1.165) is 0 Å². The molecule has 0 aromatic heterocycles. The highest BCUT2D eigenvalue weighted by Crippen LogP contribution is 2.14. The summed E-state index contributed by atoms with van der Waals surface area (Å²) >= 11 is 5.00. The van der Waals surface area contributed by atoms with E-state index < -0.39 is 8.03 Å². The summed E-state index contributed by atoms with van der Waals surface area (Å²) in [5, 5.41) is 0. The van der Waals surface area contributed by atoms with Crippen molar-refractivity contribution in [1.29, 1.82) is 0 Å². The first kappa shape index (κ1) is 6.48. The lowest BCUT2D eigenvalue weighted by Crippen LogP contribution is -1.67. The van der Waals surface area contributed by atoms with Gasteiger partial charge in [-0.1, -0.05) is 11.6 Å². The molecule has 0 aromatic carbocycles. The van der Waals surface area contributed by atoms with Gasteiger partial charge in [-0.3, -0.25) is 4.57 Å². The molecule has 1 unspecified atom stereocenters. The highest BCUT2D eigenvalue weighted by molar-refractivity contribution is 7.38. The maximum absolute atomic E-state index is 9.92. The van der Waals surface area contributed by atoms with Crippen LogP contribution in [0.2, 0.25) is 0 Å². The summed E-state index contributed by atoms with van der Waals surface area (Å²) in [6.45, 7) is 1.49. The molecule has 0 rings (SSSR count). The van der Waals surface area contributed by atoms with Crippen molar-refractivity contribution in [2.24, 2.45) is 0 Å². The Hall–Kier alpha value is 0.480. The minimum atomic E-state index is -1.77. The number of halogens is 1. The smallest absolute Gasteiger partial charge is 0.189 e. The van der Waals surface area contributed by atoms with Crippen molar-refractivity contribution in [2.45, 2.75) is 0 Å².